The first-order valence-corrected chi connectivity index (χ1v) is 6.80. The van der Waals surface area contributed by atoms with Crippen LogP contribution in [0.2, 0.25) is 0 Å². The predicted molar refractivity (Wildman–Crippen MR) is 79.3 cm³/mol. The van der Waals surface area contributed by atoms with E-state index in [0.717, 1.165) is 29.0 Å². The first kappa shape index (κ1) is 13.8. The largest absolute Gasteiger partial charge is 0.497 e. The average molecular weight is 277 g/mol. The molecule has 0 N–H and O–H groups in total. The Labute approximate surface area is 118 Å². The number of hydrogen-bond donors (Lipinski definition) is 0. The number of ether oxygens (including phenoxy) is 2. The average Bonchev–Trinajstić information content (AvgIpc) is 2.48. The van der Waals surface area contributed by atoms with Crippen LogP contribution in [0, 0.1) is 0 Å². The van der Waals surface area contributed by atoms with E-state index in [1.54, 1.807) is 7.11 Å². The van der Waals surface area contributed by atoms with E-state index in [9.17, 15) is 0 Å². The second-order valence-corrected chi connectivity index (χ2v) is 4.53. The second-order valence-electron chi connectivity index (χ2n) is 4.15. The summed E-state index contributed by atoms with van der Waals surface area (Å²) in [7, 11) is 1.67. The molecule has 0 unspecified atom stereocenters. The van der Waals surface area contributed by atoms with Gasteiger partial charge in [-0.3, -0.25) is 0 Å². The highest BCUT2D eigenvalue weighted by Gasteiger charge is 2.01. The molecular formula is C16H17ClO2. The van der Waals surface area contributed by atoms with Gasteiger partial charge in [0, 0.05) is 5.88 Å². The molecule has 0 saturated heterocycles. The fourth-order valence-electron chi connectivity index (χ4n) is 1.81. The van der Waals surface area contributed by atoms with Crippen molar-refractivity contribution in [3.05, 3.63) is 48.5 Å². The molecule has 2 aromatic rings. The maximum atomic E-state index is 5.65. The molecule has 0 atom stereocenters. The summed E-state index contributed by atoms with van der Waals surface area (Å²) < 4.78 is 10.9. The zero-order valence-electron chi connectivity index (χ0n) is 10.9. The standard InChI is InChI=1S/C16H17ClO2/c1-18-15-7-2-5-13(11-15)14-6-3-8-16(12-14)19-10-4-9-17/h2-3,5-8,11-12H,4,9-10H2,1H3. The Morgan fingerprint density at radius 3 is 2.21 bits per heavy atom. The van der Waals surface area contributed by atoms with Gasteiger partial charge in [-0.2, -0.15) is 0 Å². The van der Waals surface area contributed by atoms with Crippen LogP contribution in [0.5, 0.6) is 11.5 Å². The summed E-state index contributed by atoms with van der Waals surface area (Å²) >= 11 is 5.63. The van der Waals surface area contributed by atoms with Crippen LogP contribution in [-0.4, -0.2) is 19.6 Å². The highest BCUT2D eigenvalue weighted by Crippen LogP contribution is 2.26. The van der Waals surface area contributed by atoms with Gasteiger partial charge in [-0.25, -0.2) is 0 Å². The minimum absolute atomic E-state index is 0.621. The highest BCUT2D eigenvalue weighted by molar-refractivity contribution is 6.17. The first-order valence-electron chi connectivity index (χ1n) is 6.27. The lowest BCUT2D eigenvalue weighted by Gasteiger charge is -2.08. The molecule has 2 aromatic carbocycles. The van der Waals surface area contributed by atoms with E-state index in [1.165, 1.54) is 0 Å². The van der Waals surface area contributed by atoms with Gasteiger partial charge in [-0.05, 0) is 41.8 Å². The van der Waals surface area contributed by atoms with Crippen LogP contribution in [0.4, 0.5) is 0 Å². The molecule has 19 heavy (non-hydrogen) atoms. The molecule has 2 nitrogen and oxygen atoms in total. The van der Waals surface area contributed by atoms with Crippen molar-refractivity contribution in [1.82, 2.24) is 0 Å². The number of rotatable bonds is 6. The van der Waals surface area contributed by atoms with Crippen LogP contribution < -0.4 is 9.47 Å². The van der Waals surface area contributed by atoms with Crippen molar-refractivity contribution in [2.45, 2.75) is 6.42 Å². The summed E-state index contributed by atoms with van der Waals surface area (Å²) in [5.41, 5.74) is 2.23. The summed E-state index contributed by atoms with van der Waals surface area (Å²) in [4.78, 5) is 0. The quantitative estimate of drug-likeness (QED) is 0.576. The Morgan fingerprint density at radius 2 is 1.58 bits per heavy atom. The van der Waals surface area contributed by atoms with Gasteiger partial charge in [-0.1, -0.05) is 24.3 Å². The van der Waals surface area contributed by atoms with E-state index >= 15 is 0 Å². The van der Waals surface area contributed by atoms with Crippen molar-refractivity contribution < 1.29 is 9.47 Å². The van der Waals surface area contributed by atoms with Crippen molar-refractivity contribution in [1.29, 1.82) is 0 Å². The molecular weight excluding hydrogens is 260 g/mol. The van der Waals surface area contributed by atoms with Crippen LogP contribution in [0.1, 0.15) is 6.42 Å². The topological polar surface area (TPSA) is 18.5 Å². The molecule has 0 aliphatic carbocycles. The third-order valence-corrected chi connectivity index (χ3v) is 3.05. The molecule has 0 bridgehead atoms. The van der Waals surface area contributed by atoms with Crippen LogP contribution in [-0.2, 0) is 0 Å². The summed E-state index contributed by atoms with van der Waals surface area (Å²) in [6, 6.07) is 16.0. The van der Waals surface area contributed by atoms with Gasteiger partial charge in [0.15, 0.2) is 0 Å². The van der Waals surface area contributed by atoms with Gasteiger partial charge >= 0.3 is 0 Å². The van der Waals surface area contributed by atoms with E-state index in [2.05, 4.69) is 12.1 Å². The fourth-order valence-corrected chi connectivity index (χ4v) is 1.92. The van der Waals surface area contributed by atoms with Crippen molar-refractivity contribution >= 4 is 11.6 Å². The third kappa shape index (κ3) is 3.90. The summed E-state index contributed by atoms with van der Waals surface area (Å²) in [6.45, 7) is 0.644. The summed E-state index contributed by atoms with van der Waals surface area (Å²) in [5, 5.41) is 0. The Bertz CT molecular complexity index is 526. The van der Waals surface area contributed by atoms with Crippen molar-refractivity contribution in [3.8, 4) is 22.6 Å². The Balaban J connectivity index is 2.17. The molecule has 2 rings (SSSR count). The molecule has 0 saturated carbocycles. The van der Waals surface area contributed by atoms with E-state index in [4.69, 9.17) is 21.1 Å². The normalized spacial score (nSPS) is 10.2. The monoisotopic (exact) mass is 276 g/mol. The van der Waals surface area contributed by atoms with Crippen LogP contribution in [0.15, 0.2) is 48.5 Å². The molecule has 0 amide bonds. The predicted octanol–water partition coefficient (Wildman–Crippen LogP) is 4.37. The lowest BCUT2D eigenvalue weighted by Crippen LogP contribution is -1.97. The van der Waals surface area contributed by atoms with Gasteiger partial charge in [0.2, 0.25) is 0 Å². The van der Waals surface area contributed by atoms with E-state index < -0.39 is 0 Å². The third-order valence-electron chi connectivity index (χ3n) is 2.78. The smallest absolute Gasteiger partial charge is 0.119 e. The van der Waals surface area contributed by atoms with E-state index in [1.807, 2.05) is 36.4 Å². The Kier molecular flexibility index (Phi) is 5.10. The van der Waals surface area contributed by atoms with Crippen LogP contribution in [0.3, 0.4) is 0 Å². The second kappa shape index (κ2) is 7.05. The molecule has 0 heterocycles. The van der Waals surface area contributed by atoms with Crippen molar-refractivity contribution in [3.63, 3.8) is 0 Å². The molecule has 0 fully saturated rings. The maximum absolute atomic E-state index is 5.65. The van der Waals surface area contributed by atoms with Crippen LogP contribution >= 0.6 is 11.6 Å². The zero-order valence-corrected chi connectivity index (χ0v) is 11.7. The number of benzene rings is 2. The first-order chi connectivity index (χ1) is 9.33. The molecule has 0 aliphatic heterocycles. The van der Waals surface area contributed by atoms with Gasteiger partial charge < -0.3 is 9.47 Å². The highest BCUT2D eigenvalue weighted by atomic mass is 35.5. The van der Waals surface area contributed by atoms with Crippen LogP contribution in [0.25, 0.3) is 11.1 Å². The molecule has 0 spiro atoms. The summed E-state index contributed by atoms with van der Waals surface area (Å²) in [5.74, 6) is 2.34. The number of alkyl halides is 1. The maximum Gasteiger partial charge on any atom is 0.119 e. The van der Waals surface area contributed by atoms with E-state index in [-0.39, 0.29) is 0 Å². The van der Waals surface area contributed by atoms with Crippen molar-refractivity contribution in [2.75, 3.05) is 19.6 Å². The summed E-state index contributed by atoms with van der Waals surface area (Å²) in [6.07, 6.45) is 0.852. The Morgan fingerprint density at radius 1 is 0.947 bits per heavy atom. The SMILES string of the molecule is COc1cccc(-c2cccc(OCCCCl)c2)c1. The molecule has 0 aliphatic rings. The zero-order chi connectivity index (χ0) is 13.5. The fraction of sp³-hybridized carbons (Fsp3) is 0.250. The number of methoxy groups -OCH3 is 1. The lowest BCUT2D eigenvalue weighted by molar-refractivity contribution is 0.318. The number of halogens is 1. The Hall–Kier alpha value is -1.67. The van der Waals surface area contributed by atoms with Gasteiger partial charge in [-0.15, -0.1) is 11.6 Å². The molecule has 0 radical (unpaired) electrons. The van der Waals surface area contributed by atoms with Gasteiger partial charge in [0.1, 0.15) is 11.5 Å². The molecule has 3 heteroatoms. The molecule has 0 aromatic heterocycles. The van der Waals surface area contributed by atoms with Gasteiger partial charge in [0.25, 0.3) is 0 Å². The lowest BCUT2D eigenvalue weighted by atomic mass is 10.1. The number of hydrogen-bond acceptors (Lipinski definition) is 2. The van der Waals surface area contributed by atoms with Crippen molar-refractivity contribution in [2.24, 2.45) is 0 Å². The minimum Gasteiger partial charge on any atom is -0.497 e. The van der Waals surface area contributed by atoms with Gasteiger partial charge in [0.05, 0.1) is 13.7 Å². The minimum atomic E-state index is 0.621. The van der Waals surface area contributed by atoms with E-state index in [0.29, 0.717) is 12.5 Å². The molecule has 100 valence electrons.